The Kier molecular flexibility index (Phi) is 5.74. The molecule has 2 heterocycles. The first kappa shape index (κ1) is 21.3. The van der Waals surface area contributed by atoms with Gasteiger partial charge in [0.25, 0.3) is 5.91 Å². The van der Waals surface area contributed by atoms with Crippen molar-refractivity contribution in [3.8, 4) is 0 Å². The van der Waals surface area contributed by atoms with E-state index in [0.29, 0.717) is 30.0 Å². The summed E-state index contributed by atoms with van der Waals surface area (Å²) in [6, 6.07) is 6.19. The van der Waals surface area contributed by atoms with Gasteiger partial charge in [0.2, 0.25) is 20.0 Å². The highest BCUT2D eigenvalue weighted by atomic mass is 32.2. The Bertz CT molecular complexity index is 1150. The molecule has 0 radical (unpaired) electrons. The van der Waals surface area contributed by atoms with Crippen LogP contribution >= 0.6 is 0 Å². The van der Waals surface area contributed by atoms with Crippen LogP contribution in [0.4, 0.5) is 11.4 Å². The molecule has 1 aliphatic rings. The highest BCUT2D eigenvalue weighted by Gasteiger charge is 2.29. The first-order valence-corrected chi connectivity index (χ1v) is 12.4. The lowest BCUT2D eigenvalue weighted by atomic mass is 10.2. The van der Waals surface area contributed by atoms with E-state index in [-0.39, 0.29) is 10.6 Å². The van der Waals surface area contributed by atoms with Crippen LogP contribution in [0.25, 0.3) is 0 Å². The summed E-state index contributed by atoms with van der Waals surface area (Å²) in [5.41, 5.74) is 1.62. The number of carbonyl (C=O) groups is 1. The predicted molar refractivity (Wildman–Crippen MR) is 111 cm³/mol. The molecule has 0 saturated carbocycles. The Hall–Kier alpha value is -2.37. The summed E-state index contributed by atoms with van der Waals surface area (Å²) in [5, 5.41) is 2.68. The van der Waals surface area contributed by atoms with Crippen molar-refractivity contribution in [2.75, 3.05) is 29.4 Å². The molecule has 0 unspecified atom stereocenters. The van der Waals surface area contributed by atoms with Crippen molar-refractivity contribution in [1.29, 1.82) is 0 Å². The summed E-state index contributed by atoms with van der Waals surface area (Å²) in [6.07, 6.45) is 4.13. The highest BCUT2D eigenvalue weighted by molar-refractivity contribution is 7.92. The van der Waals surface area contributed by atoms with E-state index in [1.54, 1.807) is 26.1 Å². The number of aromatic nitrogens is 1. The lowest BCUT2D eigenvalue weighted by Gasteiger charge is -2.13. The molecule has 1 saturated heterocycles. The minimum absolute atomic E-state index is 0.0791. The number of rotatable bonds is 6. The third-order valence-electron chi connectivity index (χ3n) is 4.71. The van der Waals surface area contributed by atoms with Gasteiger partial charge in [-0.3, -0.25) is 9.52 Å². The largest absolute Gasteiger partial charge is 0.345 e. The molecule has 2 N–H and O–H groups in total. The summed E-state index contributed by atoms with van der Waals surface area (Å²) in [4.78, 5) is 12.8. The number of anilines is 2. The molecule has 1 aliphatic heterocycles. The molecule has 9 nitrogen and oxygen atoms in total. The molecule has 1 amide bonds. The molecule has 29 heavy (non-hydrogen) atoms. The van der Waals surface area contributed by atoms with Gasteiger partial charge in [-0.2, -0.15) is 4.31 Å². The van der Waals surface area contributed by atoms with E-state index in [0.717, 1.165) is 19.1 Å². The van der Waals surface area contributed by atoms with Crippen molar-refractivity contribution >= 4 is 37.3 Å². The Labute approximate surface area is 170 Å². The summed E-state index contributed by atoms with van der Waals surface area (Å²) in [7, 11) is -5.49. The fourth-order valence-corrected chi connectivity index (χ4v) is 5.39. The quantitative estimate of drug-likeness (QED) is 0.709. The molecule has 11 heteroatoms. The van der Waals surface area contributed by atoms with Gasteiger partial charge in [-0.1, -0.05) is 6.07 Å². The van der Waals surface area contributed by atoms with Gasteiger partial charge >= 0.3 is 0 Å². The molecule has 2 aromatic rings. The summed E-state index contributed by atoms with van der Waals surface area (Å²) >= 11 is 0. The maximum atomic E-state index is 12.7. The number of hydrogen-bond donors (Lipinski definition) is 2. The minimum atomic E-state index is -3.62. The fraction of sp³-hybridized carbons (Fsp3) is 0.389. The average molecular weight is 441 g/mol. The third-order valence-corrected chi connectivity index (χ3v) is 7.16. The van der Waals surface area contributed by atoms with Crippen molar-refractivity contribution in [2.24, 2.45) is 7.05 Å². The zero-order valence-electron chi connectivity index (χ0n) is 16.5. The number of nitrogens with zero attached hydrogens (tertiary/aromatic N) is 2. The second-order valence-corrected chi connectivity index (χ2v) is 10.8. The topological polar surface area (TPSA) is 118 Å². The molecule has 0 aliphatic carbocycles. The van der Waals surface area contributed by atoms with Gasteiger partial charge in [0.05, 0.1) is 11.9 Å². The smallest absolute Gasteiger partial charge is 0.272 e. The fourth-order valence-electron chi connectivity index (χ4n) is 3.18. The van der Waals surface area contributed by atoms with Gasteiger partial charge in [0.15, 0.2) is 0 Å². The summed E-state index contributed by atoms with van der Waals surface area (Å²) < 4.78 is 53.7. The van der Waals surface area contributed by atoms with E-state index in [4.69, 9.17) is 0 Å². The Morgan fingerprint density at radius 3 is 2.34 bits per heavy atom. The van der Waals surface area contributed by atoms with Crippen molar-refractivity contribution in [2.45, 2.75) is 24.7 Å². The normalized spacial score (nSPS) is 15.4. The van der Waals surface area contributed by atoms with Gasteiger partial charge in [0.1, 0.15) is 10.6 Å². The minimum Gasteiger partial charge on any atom is -0.345 e. The lowest BCUT2D eigenvalue weighted by molar-refractivity contribution is 0.101. The molecule has 1 aromatic carbocycles. The molecular formula is C18H24N4O5S2. The van der Waals surface area contributed by atoms with E-state index in [9.17, 15) is 21.6 Å². The number of carbonyl (C=O) groups excluding carboxylic acids is 1. The van der Waals surface area contributed by atoms with E-state index in [1.165, 1.54) is 27.2 Å². The van der Waals surface area contributed by atoms with Gasteiger partial charge in [-0.05, 0) is 43.5 Å². The second-order valence-electron chi connectivity index (χ2n) is 7.14. The first-order valence-electron chi connectivity index (χ1n) is 9.04. The molecule has 1 aromatic heterocycles. The second kappa shape index (κ2) is 7.81. The van der Waals surface area contributed by atoms with Crippen LogP contribution in [0.5, 0.6) is 0 Å². The molecule has 0 bridgehead atoms. The maximum absolute atomic E-state index is 12.7. The molecular weight excluding hydrogens is 416 g/mol. The average Bonchev–Trinajstić information content (AvgIpc) is 3.26. The van der Waals surface area contributed by atoms with Crippen LogP contribution in [0.3, 0.4) is 0 Å². The van der Waals surface area contributed by atoms with E-state index in [1.807, 2.05) is 0 Å². The zero-order chi connectivity index (χ0) is 21.4. The van der Waals surface area contributed by atoms with Gasteiger partial charge < -0.3 is 9.88 Å². The number of aryl methyl sites for hydroxylation is 2. The molecule has 0 spiro atoms. The van der Waals surface area contributed by atoms with Gasteiger partial charge in [-0.25, -0.2) is 16.8 Å². The van der Waals surface area contributed by atoms with Crippen LogP contribution in [0.2, 0.25) is 0 Å². The van der Waals surface area contributed by atoms with Crippen LogP contribution in [-0.4, -0.2) is 51.0 Å². The number of nitrogens with one attached hydrogen (secondary N) is 2. The van der Waals surface area contributed by atoms with Crippen LogP contribution in [0.15, 0.2) is 35.4 Å². The van der Waals surface area contributed by atoms with Crippen molar-refractivity contribution in [1.82, 2.24) is 8.87 Å². The molecule has 158 valence electrons. The van der Waals surface area contributed by atoms with Crippen LogP contribution < -0.4 is 10.0 Å². The van der Waals surface area contributed by atoms with E-state index >= 15 is 0 Å². The van der Waals surface area contributed by atoms with Gasteiger partial charge in [-0.15, -0.1) is 0 Å². The Morgan fingerprint density at radius 2 is 1.72 bits per heavy atom. The Morgan fingerprint density at radius 1 is 1.07 bits per heavy atom. The van der Waals surface area contributed by atoms with Crippen molar-refractivity contribution in [3.63, 3.8) is 0 Å². The monoisotopic (exact) mass is 440 g/mol. The number of benzene rings is 1. The van der Waals surface area contributed by atoms with Gasteiger partial charge in [0, 0.05) is 32.0 Å². The van der Waals surface area contributed by atoms with E-state index in [2.05, 4.69) is 10.0 Å². The third kappa shape index (κ3) is 4.80. The summed E-state index contributed by atoms with van der Waals surface area (Å²) in [5.74, 6) is -0.496. The maximum Gasteiger partial charge on any atom is 0.272 e. The molecule has 1 fully saturated rings. The van der Waals surface area contributed by atoms with E-state index < -0.39 is 26.0 Å². The number of amides is 1. The van der Waals surface area contributed by atoms with Crippen LogP contribution in [0.1, 0.15) is 28.9 Å². The van der Waals surface area contributed by atoms with Crippen molar-refractivity contribution in [3.05, 3.63) is 41.7 Å². The standard InChI is InChI=1S/C18H24N4O5S2/c1-13-6-7-14(10-16(13)20-28(3,24)25)19-18(23)17-11-15(12-21(17)2)29(26,27)22-8-4-5-9-22/h6-7,10-12,20H,4-5,8-9H2,1-3H3,(H,19,23). The molecule has 0 atom stereocenters. The van der Waals surface area contributed by atoms with Crippen LogP contribution in [0, 0.1) is 6.92 Å². The molecule has 3 rings (SSSR count). The number of hydrogen-bond acceptors (Lipinski definition) is 5. The lowest BCUT2D eigenvalue weighted by Crippen LogP contribution is -2.27. The zero-order valence-corrected chi connectivity index (χ0v) is 18.1. The SMILES string of the molecule is Cc1ccc(NC(=O)c2cc(S(=O)(=O)N3CCCC3)cn2C)cc1NS(C)(=O)=O. The highest BCUT2D eigenvalue weighted by Crippen LogP contribution is 2.24. The first-order chi connectivity index (χ1) is 13.5. The number of sulfonamides is 2. The van der Waals surface area contributed by atoms with Crippen molar-refractivity contribution < 1.29 is 21.6 Å². The van der Waals surface area contributed by atoms with Crippen LogP contribution in [-0.2, 0) is 27.1 Å². The predicted octanol–water partition coefficient (Wildman–Crippen LogP) is 1.74. The Balaban J connectivity index is 1.83. The summed E-state index contributed by atoms with van der Waals surface area (Å²) in [6.45, 7) is 2.71.